The maximum Gasteiger partial charge on any atom is 0.233 e. The van der Waals surface area contributed by atoms with Crippen molar-refractivity contribution in [2.24, 2.45) is 0 Å². The molecule has 1 saturated heterocycles. The number of rotatable bonds is 4. The van der Waals surface area contributed by atoms with Gasteiger partial charge in [-0.15, -0.1) is 0 Å². The van der Waals surface area contributed by atoms with E-state index in [0.717, 1.165) is 64.7 Å². The van der Waals surface area contributed by atoms with Gasteiger partial charge in [0.15, 0.2) is 0 Å². The maximum absolute atomic E-state index is 6.05. The predicted molar refractivity (Wildman–Crippen MR) is 119 cm³/mol. The fourth-order valence-corrected chi connectivity index (χ4v) is 4.10. The van der Waals surface area contributed by atoms with Crippen LogP contribution in [-0.4, -0.2) is 49.3 Å². The van der Waals surface area contributed by atoms with Gasteiger partial charge in [0.25, 0.3) is 0 Å². The number of hydrogen-bond acceptors (Lipinski definition) is 6. The molecule has 5 aromatic rings. The van der Waals surface area contributed by atoms with Crippen LogP contribution < -0.4 is 10.1 Å². The van der Waals surface area contributed by atoms with Crippen molar-refractivity contribution in [2.75, 3.05) is 13.1 Å². The number of aromatic amines is 2. The molecule has 154 valence electrons. The summed E-state index contributed by atoms with van der Waals surface area (Å²) in [7, 11) is 0. The van der Waals surface area contributed by atoms with Crippen LogP contribution in [0.15, 0.2) is 55.1 Å². The van der Waals surface area contributed by atoms with Crippen molar-refractivity contribution < 1.29 is 4.74 Å². The summed E-state index contributed by atoms with van der Waals surface area (Å²) in [5.41, 5.74) is 5.39. The molecule has 1 unspecified atom stereocenters. The average molecular weight is 411 g/mol. The Labute approximate surface area is 178 Å². The lowest BCUT2D eigenvalue weighted by atomic mass is 10.0. The average Bonchev–Trinajstić information content (AvgIpc) is 3.46. The van der Waals surface area contributed by atoms with E-state index in [2.05, 4.69) is 53.6 Å². The van der Waals surface area contributed by atoms with Crippen LogP contribution in [-0.2, 0) is 0 Å². The van der Waals surface area contributed by atoms with E-state index in [4.69, 9.17) is 4.74 Å². The highest BCUT2D eigenvalue weighted by atomic mass is 16.5. The number of fused-ring (bicyclic) bond motifs is 2. The summed E-state index contributed by atoms with van der Waals surface area (Å²) in [6, 6.07) is 10.4. The third-order valence-corrected chi connectivity index (χ3v) is 5.69. The molecule has 8 nitrogen and oxygen atoms in total. The molecule has 5 heterocycles. The van der Waals surface area contributed by atoms with Crippen molar-refractivity contribution >= 4 is 21.9 Å². The number of pyridine rings is 1. The lowest BCUT2D eigenvalue weighted by Gasteiger charge is -2.23. The molecule has 0 aliphatic carbocycles. The van der Waals surface area contributed by atoms with Crippen LogP contribution in [0.25, 0.3) is 44.5 Å². The van der Waals surface area contributed by atoms with Crippen molar-refractivity contribution in [3.63, 3.8) is 0 Å². The molecule has 0 saturated carbocycles. The summed E-state index contributed by atoms with van der Waals surface area (Å²) < 4.78 is 6.05. The van der Waals surface area contributed by atoms with Gasteiger partial charge in [-0.05, 0) is 49.2 Å². The van der Waals surface area contributed by atoms with Crippen LogP contribution in [0.1, 0.15) is 12.8 Å². The van der Waals surface area contributed by atoms with E-state index in [1.165, 1.54) is 0 Å². The van der Waals surface area contributed by atoms with E-state index in [9.17, 15) is 0 Å². The predicted octanol–water partition coefficient (Wildman–Crippen LogP) is 3.69. The fourth-order valence-electron chi connectivity index (χ4n) is 4.10. The molecule has 1 fully saturated rings. The Balaban J connectivity index is 1.36. The van der Waals surface area contributed by atoms with Crippen LogP contribution in [0.4, 0.5) is 0 Å². The number of H-pyrrole nitrogens is 2. The van der Waals surface area contributed by atoms with Crippen molar-refractivity contribution in [1.82, 2.24) is 35.5 Å². The molecule has 3 N–H and O–H groups in total. The first-order valence-electron chi connectivity index (χ1n) is 10.4. The molecule has 0 amide bonds. The highest BCUT2D eigenvalue weighted by Crippen LogP contribution is 2.31. The van der Waals surface area contributed by atoms with Crippen LogP contribution >= 0.6 is 0 Å². The highest BCUT2D eigenvalue weighted by Gasteiger charge is 2.17. The Bertz CT molecular complexity index is 1370. The van der Waals surface area contributed by atoms with E-state index >= 15 is 0 Å². The summed E-state index contributed by atoms with van der Waals surface area (Å²) in [5, 5.41) is 13.0. The molecule has 0 spiro atoms. The molecular formula is C23H21N7O. The molecule has 4 aromatic heterocycles. The number of nitrogens with zero attached hydrogens (tertiary/aromatic N) is 4. The van der Waals surface area contributed by atoms with Crippen LogP contribution in [0.3, 0.4) is 0 Å². The molecule has 6 rings (SSSR count). The van der Waals surface area contributed by atoms with Crippen molar-refractivity contribution in [3.8, 4) is 28.4 Å². The minimum atomic E-state index is 0.122. The zero-order valence-corrected chi connectivity index (χ0v) is 16.8. The third kappa shape index (κ3) is 3.40. The van der Waals surface area contributed by atoms with Crippen molar-refractivity contribution in [3.05, 3.63) is 55.1 Å². The van der Waals surface area contributed by atoms with E-state index in [0.29, 0.717) is 11.6 Å². The van der Waals surface area contributed by atoms with Gasteiger partial charge in [-0.3, -0.25) is 10.1 Å². The number of nitrogens with one attached hydrogen (secondary N) is 3. The third-order valence-electron chi connectivity index (χ3n) is 5.69. The first-order valence-corrected chi connectivity index (χ1v) is 10.4. The van der Waals surface area contributed by atoms with Crippen molar-refractivity contribution in [2.45, 2.75) is 18.9 Å². The molecular weight excluding hydrogens is 390 g/mol. The summed E-state index contributed by atoms with van der Waals surface area (Å²) in [6.07, 6.45) is 9.41. The minimum absolute atomic E-state index is 0.122. The molecule has 1 aliphatic heterocycles. The second-order valence-electron chi connectivity index (χ2n) is 7.80. The summed E-state index contributed by atoms with van der Waals surface area (Å²) in [5.74, 6) is 0.528. The second-order valence-corrected chi connectivity index (χ2v) is 7.80. The Morgan fingerprint density at radius 3 is 2.97 bits per heavy atom. The highest BCUT2D eigenvalue weighted by molar-refractivity contribution is 5.95. The maximum atomic E-state index is 6.05. The van der Waals surface area contributed by atoms with Gasteiger partial charge < -0.3 is 15.0 Å². The topological polar surface area (TPSA) is 104 Å². The molecule has 1 aromatic carbocycles. The van der Waals surface area contributed by atoms with Gasteiger partial charge in [0.05, 0.1) is 17.9 Å². The van der Waals surface area contributed by atoms with E-state index < -0.39 is 0 Å². The first-order chi connectivity index (χ1) is 15.3. The molecule has 0 bridgehead atoms. The summed E-state index contributed by atoms with van der Waals surface area (Å²) in [6.45, 7) is 1.87. The van der Waals surface area contributed by atoms with Gasteiger partial charge in [-0.2, -0.15) is 5.10 Å². The number of piperidine rings is 1. The Morgan fingerprint density at radius 2 is 2.03 bits per heavy atom. The van der Waals surface area contributed by atoms with Crippen LogP contribution in [0.2, 0.25) is 0 Å². The smallest absolute Gasteiger partial charge is 0.233 e. The SMILES string of the molecule is c1cc2cc(-c3ccc4[nH]nc(-c5cncc(OC6CCCNC6)n5)c4c3)cnc2[nH]1. The number of ether oxygens (including phenoxy) is 1. The number of aromatic nitrogens is 6. The Kier molecular flexibility index (Phi) is 4.35. The van der Waals surface area contributed by atoms with E-state index in [1.54, 1.807) is 12.4 Å². The standard InChI is InChI=1S/C23H21N7O/c1-2-17(11-24-6-1)31-21-13-25-12-20(28-21)22-18-9-14(3-4-19(18)29-30-22)16-8-15-5-7-26-23(15)27-10-16/h3-5,7-10,12-13,17,24H,1-2,6,11H2,(H,26,27)(H,29,30). The largest absolute Gasteiger partial charge is 0.472 e. The molecule has 0 radical (unpaired) electrons. The van der Waals surface area contributed by atoms with Gasteiger partial charge in [0.1, 0.15) is 23.1 Å². The monoisotopic (exact) mass is 411 g/mol. The van der Waals surface area contributed by atoms with Gasteiger partial charge in [0, 0.05) is 35.3 Å². The zero-order chi connectivity index (χ0) is 20.6. The first kappa shape index (κ1) is 18.0. The van der Waals surface area contributed by atoms with E-state index in [1.807, 2.05) is 24.5 Å². The summed E-state index contributed by atoms with van der Waals surface area (Å²) >= 11 is 0. The number of benzene rings is 1. The molecule has 31 heavy (non-hydrogen) atoms. The second kappa shape index (κ2) is 7.48. The van der Waals surface area contributed by atoms with Gasteiger partial charge in [-0.25, -0.2) is 9.97 Å². The summed E-state index contributed by atoms with van der Waals surface area (Å²) in [4.78, 5) is 16.7. The molecule has 8 heteroatoms. The van der Waals surface area contributed by atoms with Gasteiger partial charge in [0.2, 0.25) is 5.88 Å². The fraction of sp³-hybridized carbons (Fsp3) is 0.217. The molecule has 1 aliphatic rings. The van der Waals surface area contributed by atoms with Gasteiger partial charge >= 0.3 is 0 Å². The van der Waals surface area contributed by atoms with Crippen LogP contribution in [0.5, 0.6) is 5.88 Å². The normalized spacial score (nSPS) is 16.7. The van der Waals surface area contributed by atoms with Crippen molar-refractivity contribution in [1.29, 1.82) is 0 Å². The lowest BCUT2D eigenvalue weighted by molar-refractivity contribution is 0.160. The quantitative estimate of drug-likeness (QED) is 0.417. The van der Waals surface area contributed by atoms with Crippen LogP contribution in [0, 0.1) is 0 Å². The lowest BCUT2D eigenvalue weighted by Crippen LogP contribution is -2.37. The Morgan fingerprint density at radius 1 is 1.03 bits per heavy atom. The Hall–Kier alpha value is -3.78. The zero-order valence-electron chi connectivity index (χ0n) is 16.8. The van der Waals surface area contributed by atoms with Gasteiger partial charge in [-0.1, -0.05) is 6.07 Å². The minimum Gasteiger partial charge on any atom is -0.472 e. The van der Waals surface area contributed by atoms with E-state index in [-0.39, 0.29) is 6.10 Å². The molecule has 1 atom stereocenters. The number of hydrogen-bond donors (Lipinski definition) is 3.